The molecule has 0 aromatic carbocycles. The lowest BCUT2D eigenvalue weighted by Gasteiger charge is -2.35. The molecule has 2 aliphatic heterocycles. The van der Waals surface area contributed by atoms with Crippen LogP contribution in [0.5, 0.6) is 0 Å². The first-order valence-corrected chi connectivity index (χ1v) is 9.79. The van der Waals surface area contributed by atoms with Gasteiger partial charge in [0.15, 0.2) is 0 Å². The Morgan fingerprint density at radius 1 is 1.41 bits per heavy atom. The van der Waals surface area contributed by atoms with Crippen LogP contribution < -0.4 is 10.6 Å². The molecule has 4 heterocycles. The van der Waals surface area contributed by atoms with Crippen molar-refractivity contribution in [2.24, 2.45) is 0 Å². The molecule has 27 heavy (non-hydrogen) atoms. The van der Waals surface area contributed by atoms with E-state index >= 15 is 0 Å². The number of hydrogen-bond donors (Lipinski definition) is 2. The van der Waals surface area contributed by atoms with Gasteiger partial charge in [0.1, 0.15) is 12.6 Å². The third-order valence-corrected chi connectivity index (χ3v) is 5.95. The summed E-state index contributed by atoms with van der Waals surface area (Å²) in [4.78, 5) is 38.9. The minimum atomic E-state index is -0.651. The first-order valence-electron chi connectivity index (χ1n) is 8.91. The second kappa shape index (κ2) is 7.10. The van der Waals surface area contributed by atoms with Crippen LogP contribution in [0.2, 0.25) is 0 Å². The molecule has 1 fully saturated rings. The number of thiophene rings is 1. The fraction of sp³-hybridized carbons (Fsp3) is 0.471. The van der Waals surface area contributed by atoms with E-state index in [0.717, 1.165) is 12.8 Å². The summed E-state index contributed by atoms with van der Waals surface area (Å²) in [5, 5.41) is 14.8. The van der Waals surface area contributed by atoms with Crippen molar-refractivity contribution in [1.29, 1.82) is 0 Å². The maximum atomic E-state index is 12.8. The van der Waals surface area contributed by atoms with Crippen LogP contribution in [0.1, 0.15) is 35.5 Å². The van der Waals surface area contributed by atoms with E-state index in [2.05, 4.69) is 39.3 Å². The Bertz CT molecular complexity index is 891. The SMILES string of the molecule is CC[C@@H]1c2ccsc2CCN1C(=O)Cn1cc(C[C@@H]2NC(=O)NC2=O)nn1. The van der Waals surface area contributed by atoms with E-state index in [1.165, 1.54) is 15.1 Å². The van der Waals surface area contributed by atoms with Crippen molar-refractivity contribution in [1.82, 2.24) is 30.5 Å². The molecule has 4 amide bonds. The van der Waals surface area contributed by atoms with Gasteiger partial charge < -0.3 is 10.2 Å². The van der Waals surface area contributed by atoms with Gasteiger partial charge in [-0.05, 0) is 29.9 Å². The molecule has 2 N–H and O–H groups in total. The maximum Gasteiger partial charge on any atom is 0.322 e. The lowest BCUT2D eigenvalue weighted by molar-refractivity contribution is -0.135. The van der Waals surface area contributed by atoms with Crippen LogP contribution in [0, 0.1) is 0 Å². The number of fused-ring (bicyclic) bond motifs is 1. The fourth-order valence-electron chi connectivity index (χ4n) is 3.69. The Morgan fingerprint density at radius 2 is 2.26 bits per heavy atom. The van der Waals surface area contributed by atoms with Crippen molar-refractivity contribution >= 4 is 29.2 Å². The van der Waals surface area contributed by atoms with Crippen LogP contribution >= 0.6 is 11.3 Å². The van der Waals surface area contributed by atoms with Gasteiger partial charge in [-0.2, -0.15) is 0 Å². The number of nitrogens with one attached hydrogen (secondary N) is 2. The summed E-state index contributed by atoms with van der Waals surface area (Å²) < 4.78 is 1.49. The first-order chi connectivity index (χ1) is 13.0. The van der Waals surface area contributed by atoms with Crippen LogP contribution in [0.25, 0.3) is 0 Å². The third kappa shape index (κ3) is 3.44. The molecular formula is C17H20N6O3S. The second-order valence-electron chi connectivity index (χ2n) is 6.69. The number of carbonyl (C=O) groups excluding carboxylic acids is 3. The number of carbonyl (C=O) groups is 3. The van der Waals surface area contributed by atoms with Crippen LogP contribution in [0.15, 0.2) is 17.6 Å². The molecule has 0 aliphatic carbocycles. The lowest BCUT2D eigenvalue weighted by atomic mass is 9.98. The molecule has 10 heteroatoms. The van der Waals surface area contributed by atoms with E-state index in [4.69, 9.17) is 0 Å². The zero-order chi connectivity index (χ0) is 19.0. The van der Waals surface area contributed by atoms with Gasteiger partial charge in [-0.1, -0.05) is 12.1 Å². The molecule has 142 valence electrons. The van der Waals surface area contributed by atoms with Crippen LogP contribution in [-0.2, 0) is 29.0 Å². The minimum Gasteiger partial charge on any atom is -0.334 e. The van der Waals surface area contributed by atoms with E-state index in [-0.39, 0.29) is 30.8 Å². The van der Waals surface area contributed by atoms with Gasteiger partial charge >= 0.3 is 6.03 Å². The van der Waals surface area contributed by atoms with Gasteiger partial charge in [0.2, 0.25) is 5.91 Å². The van der Waals surface area contributed by atoms with Crippen molar-refractivity contribution in [2.75, 3.05) is 6.54 Å². The number of hydrogen-bond acceptors (Lipinski definition) is 6. The average Bonchev–Trinajstić information content (AvgIpc) is 3.35. The quantitative estimate of drug-likeness (QED) is 0.730. The predicted molar refractivity (Wildman–Crippen MR) is 97.0 cm³/mol. The van der Waals surface area contributed by atoms with Gasteiger partial charge in [0, 0.05) is 24.0 Å². The molecule has 2 atom stereocenters. The van der Waals surface area contributed by atoms with E-state index in [0.29, 0.717) is 12.2 Å². The van der Waals surface area contributed by atoms with Crippen molar-refractivity contribution in [2.45, 2.75) is 44.8 Å². The van der Waals surface area contributed by atoms with E-state index in [1.54, 1.807) is 17.5 Å². The monoisotopic (exact) mass is 388 g/mol. The highest BCUT2D eigenvalue weighted by atomic mass is 32.1. The average molecular weight is 388 g/mol. The summed E-state index contributed by atoms with van der Waals surface area (Å²) >= 11 is 1.75. The highest BCUT2D eigenvalue weighted by Crippen LogP contribution is 2.35. The van der Waals surface area contributed by atoms with Crippen LogP contribution in [0.3, 0.4) is 0 Å². The normalized spacial score (nSPS) is 21.7. The Hall–Kier alpha value is -2.75. The smallest absolute Gasteiger partial charge is 0.322 e. The number of nitrogens with zero attached hydrogens (tertiary/aromatic N) is 4. The second-order valence-corrected chi connectivity index (χ2v) is 7.69. The molecule has 0 bridgehead atoms. The van der Waals surface area contributed by atoms with Gasteiger partial charge in [0.25, 0.3) is 5.91 Å². The Morgan fingerprint density at radius 3 is 3.00 bits per heavy atom. The largest absolute Gasteiger partial charge is 0.334 e. The Labute approximate surface area is 159 Å². The lowest BCUT2D eigenvalue weighted by Crippen LogP contribution is -2.41. The molecule has 4 rings (SSSR count). The summed E-state index contributed by atoms with van der Waals surface area (Å²) in [5.41, 5.74) is 1.81. The Balaban J connectivity index is 1.41. The summed E-state index contributed by atoms with van der Waals surface area (Å²) in [6.07, 6.45) is 3.64. The van der Waals surface area contributed by atoms with Crippen LogP contribution in [0.4, 0.5) is 4.79 Å². The topological polar surface area (TPSA) is 109 Å². The summed E-state index contributed by atoms with van der Waals surface area (Å²) in [5.74, 6) is -0.377. The molecular weight excluding hydrogens is 368 g/mol. The molecule has 0 unspecified atom stereocenters. The molecule has 1 saturated heterocycles. The zero-order valence-corrected chi connectivity index (χ0v) is 15.7. The molecule has 2 aliphatic rings. The molecule has 0 radical (unpaired) electrons. The number of urea groups is 1. The van der Waals surface area contributed by atoms with Gasteiger partial charge in [0.05, 0.1) is 11.7 Å². The molecule has 0 saturated carbocycles. The van der Waals surface area contributed by atoms with Crippen molar-refractivity contribution in [3.05, 3.63) is 33.8 Å². The van der Waals surface area contributed by atoms with Crippen molar-refractivity contribution in [3.8, 4) is 0 Å². The zero-order valence-electron chi connectivity index (χ0n) is 14.8. The van der Waals surface area contributed by atoms with E-state index in [9.17, 15) is 14.4 Å². The summed E-state index contributed by atoms with van der Waals surface area (Å²) in [6.45, 7) is 2.90. The van der Waals surface area contributed by atoms with Gasteiger partial charge in [-0.3, -0.25) is 14.9 Å². The maximum absolute atomic E-state index is 12.8. The molecule has 2 aromatic heterocycles. The minimum absolute atomic E-state index is 0.00191. The summed E-state index contributed by atoms with van der Waals surface area (Å²) in [6, 6.07) is 1.06. The third-order valence-electron chi connectivity index (χ3n) is 4.96. The highest BCUT2D eigenvalue weighted by Gasteiger charge is 2.32. The number of aromatic nitrogens is 3. The first kappa shape index (κ1) is 17.7. The molecule has 9 nitrogen and oxygen atoms in total. The highest BCUT2D eigenvalue weighted by molar-refractivity contribution is 7.10. The summed E-state index contributed by atoms with van der Waals surface area (Å²) in [7, 11) is 0. The van der Waals surface area contributed by atoms with Gasteiger partial charge in [-0.25, -0.2) is 9.48 Å². The predicted octanol–water partition coefficient (Wildman–Crippen LogP) is 0.626. The standard InChI is InChI=1S/C17H20N6O3S/c1-2-13-11-4-6-27-14(11)3-5-23(13)15(24)9-22-8-10(20-21-22)7-12-16(25)19-17(26)18-12/h4,6,8,12-13H,2-3,5,7,9H2,1H3,(H2,18,19,25,26)/t12-,13+/m0/s1. The number of rotatable bonds is 5. The fourth-order valence-corrected chi connectivity index (χ4v) is 4.61. The molecule has 2 aromatic rings. The number of amides is 4. The van der Waals surface area contributed by atoms with E-state index < -0.39 is 12.1 Å². The Kier molecular flexibility index (Phi) is 4.65. The van der Waals surface area contributed by atoms with Crippen molar-refractivity contribution < 1.29 is 14.4 Å². The van der Waals surface area contributed by atoms with Crippen molar-refractivity contribution in [3.63, 3.8) is 0 Å². The number of imide groups is 1. The molecule has 0 spiro atoms. The van der Waals surface area contributed by atoms with E-state index in [1.807, 2.05) is 4.90 Å². The van der Waals surface area contributed by atoms with Crippen LogP contribution in [-0.4, -0.2) is 50.3 Å². The van der Waals surface area contributed by atoms with Gasteiger partial charge in [-0.15, -0.1) is 16.4 Å².